The summed E-state index contributed by atoms with van der Waals surface area (Å²) >= 11 is 0. The van der Waals surface area contributed by atoms with Crippen LogP contribution >= 0.6 is 0 Å². The first-order valence-corrected chi connectivity index (χ1v) is 8.61. The fourth-order valence-corrected chi connectivity index (χ4v) is 2.81. The van der Waals surface area contributed by atoms with Crippen molar-refractivity contribution < 1.29 is 22.3 Å². The van der Waals surface area contributed by atoms with Crippen molar-refractivity contribution in [2.75, 3.05) is 0 Å². The smallest absolute Gasteiger partial charge is 0.266 e. The second kappa shape index (κ2) is 7.41. The van der Waals surface area contributed by atoms with Gasteiger partial charge in [0.15, 0.2) is 0 Å². The number of hydrogen-bond acceptors (Lipinski definition) is 4. The quantitative estimate of drug-likeness (QED) is 0.781. The van der Waals surface area contributed by atoms with Gasteiger partial charge < -0.3 is 4.74 Å². The Morgan fingerprint density at radius 3 is 2.50 bits per heavy atom. The van der Waals surface area contributed by atoms with Crippen molar-refractivity contribution in [1.29, 1.82) is 0 Å². The third kappa shape index (κ3) is 4.53. The minimum atomic E-state index is -4.21. The zero-order chi connectivity index (χ0) is 17.7. The number of hydrogen-bond donors (Lipinski definition) is 2. The van der Waals surface area contributed by atoms with Crippen LogP contribution in [0.15, 0.2) is 53.4 Å². The molecule has 6 nitrogen and oxygen atoms in total. The fraction of sp³-hybridized carbons (Fsp3) is 0.188. The number of halogens is 1. The van der Waals surface area contributed by atoms with Gasteiger partial charge in [0, 0.05) is 5.56 Å². The van der Waals surface area contributed by atoms with E-state index >= 15 is 0 Å². The summed E-state index contributed by atoms with van der Waals surface area (Å²) in [5, 5.41) is 0. The highest BCUT2D eigenvalue weighted by Crippen LogP contribution is 2.15. The Morgan fingerprint density at radius 2 is 1.83 bits per heavy atom. The van der Waals surface area contributed by atoms with E-state index in [9.17, 15) is 17.6 Å². The number of carbonyl (C=O) groups is 1. The van der Waals surface area contributed by atoms with Crippen LogP contribution in [-0.4, -0.2) is 20.4 Å². The summed E-state index contributed by atoms with van der Waals surface area (Å²) in [5.41, 5.74) is 2.24. The van der Waals surface area contributed by atoms with Gasteiger partial charge >= 0.3 is 0 Å². The topological polar surface area (TPSA) is 84.5 Å². The lowest BCUT2D eigenvalue weighted by Gasteiger charge is -2.12. The first-order valence-electron chi connectivity index (χ1n) is 7.13. The van der Waals surface area contributed by atoms with E-state index in [0.717, 1.165) is 12.1 Å². The number of amides is 1. The molecule has 1 amide bonds. The molecule has 0 aliphatic rings. The molecular weight excluding hydrogens is 335 g/mol. The maximum absolute atomic E-state index is 13.6. The highest BCUT2D eigenvalue weighted by atomic mass is 32.2. The molecule has 24 heavy (non-hydrogen) atoms. The predicted molar refractivity (Wildman–Crippen MR) is 86.4 cm³/mol. The van der Waals surface area contributed by atoms with E-state index < -0.39 is 26.6 Å². The van der Waals surface area contributed by atoms with E-state index in [4.69, 9.17) is 4.74 Å². The van der Waals surface area contributed by atoms with Crippen LogP contribution in [-0.2, 0) is 10.0 Å². The Morgan fingerprint density at radius 1 is 1.12 bits per heavy atom. The average molecular weight is 352 g/mol. The molecule has 0 saturated carbocycles. The van der Waals surface area contributed by atoms with Crippen molar-refractivity contribution in [2.45, 2.75) is 24.8 Å². The maximum Gasteiger partial charge on any atom is 0.266 e. The molecule has 0 saturated heterocycles. The van der Waals surface area contributed by atoms with Crippen LogP contribution in [0.3, 0.4) is 0 Å². The lowest BCUT2D eigenvalue weighted by atomic mass is 10.2. The maximum atomic E-state index is 13.6. The van der Waals surface area contributed by atoms with E-state index in [1.165, 1.54) is 24.3 Å². The largest absolute Gasteiger partial charge is 0.491 e. The van der Waals surface area contributed by atoms with Crippen molar-refractivity contribution in [3.05, 3.63) is 59.9 Å². The molecule has 128 valence electrons. The number of benzene rings is 2. The minimum Gasteiger partial charge on any atom is -0.491 e. The normalized spacial score (nSPS) is 11.3. The van der Waals surface area contributed by atoms with Crippen LogP contribution in [0.2, 0.25) is 0 Å². The van der Waals surface area contributed by atoms with Crippen molar-refractivity contribution >= 4 is 15.9 Å². The average Bonchev–Trinajstić information content (AvgIpc) is 2.52. The molecule has 0 radical (unpaired) electrons. The fourth-order valence-electron chi connectivity index (χ4n) is 1.89. The highest BCUT2D eigenvalue weighted by molar-refractivity contribution is 7.89. The zero-order valence-corrected chi connectivity index (χ0v) is 13.9. The van der Waals surface area contributed by atoms with Crippen molar-refractivity contribution in [3.63, 3.8) is 0 Å². The summed E-state index contributed by atoms with van der Waals surface area (Å²) in [7, 11) is -4.21. The Bertz CT molecular complexity index is 837. The molecule has 0 aliphatic heterocycles. The number of ether oxygens (including phenoxy) is 1. The van der Waals surface area contributed by atoms with Gasteiger partial charge in [-0.2, -0.15) is 0 Å². The molecule has 0 aromatic heterocycles. The summed E-state index contributed by atoms with van der Waals surface area (Å²) < 4.78 is 43.0. The van der Waals surface area contributed by atoms with E-state index in [1.54, 1.807) is 12.1 Å². The van der Waals surface area contributed by atoms with Crippen molar-refractivity contribution in [1.82, 2.24) is 10.3 Å². The molecule has 0 fully saturated rings. The molecular formula is C16H17FN2O4S. The summed E-state index contributed by atoms with van der Waals surface area (Å²) in [6.07, 6.45) is -0.0668. The third-order valence-electron chi connectivity index (χ3n) is 2.89. The number of rotatable bonds is 6. The van der Waals surface area contributed by atoms with Gasteiger partial charge in [-0.05, 0) is 44.2 Å². The SMILES string of the molecule is CC(C)Oc1cccc(C(=O)NNS(=O)(=O)c2ccccc2F)c1. The van der Waals surface area contributed by atoms with Gasteiger partial charge in [0.25, 0.3) is 15.9 Å². The molecule has 0 spiro atoms. The Labute approximate surface area is 139 Å². The van der Waals surface area contributed by atoms with Gasteiger partial charge in [-0.15, -0.1) is 4.83 Å². The second-order valence-corrected chi connectivity index (χ2v) is 6.84. The van der Waals surface area contributed by atoms with Crippen molar-refractivity contribution in [3.8, 4) is 5.75 Å². The molecule has 2 aromatic carbocycles. The molecule has 0 aliphatic carbocycles. The van der Waals surface area contributed by atoms with E-state index in [1.807, 2.05) is 24.1 Å². The summed E-state index contributed by atoms with van der Waals surface area (Å²) in [5.74, 6) is -1.12. The number of carbonyl (C=O) groups excluding carboxylic acids is 1. The van der Waals surface area contributed by atoms with Crippen LogP contribution in [0.4, 0.5) is 4.39 Å². The third-order valence-corrected chi connectivity index (χ3v) is 4.17. The van der Waals surface area contributed by atoms with Crippen LogP contribution < -0.4 is 15.0 Å². The lowest BCUT2D eigenvalue weighted by molar-refractivity contribution is 0.0944. The van der Waals surface area contributed by atoms with Gasteiger partial charge in [-0.3, -0.25) is 10.2 Å². The van der Waals surface area contributed by atoms with E-state index in [0.29, 0.717) is 5.75 Å². The molecule has 0 atom stereocenters. The number of sulfonamides is 1. The van der Waals surface area contributed by atoms with Crippen LogP contribution in [0.5, 0.6) is 5.75 Å². The number of hydrazine groups is 1. The summed E-state index contributed by atoms with van der Waals surface area (Å²) in [6.45, 7) is 3.69. The molecule has 8 heteroatoms. The van der Waals surface area contributed by atoms with Crippen LogP contribution in [0.1, 0.15) is 24.2 Å². The summed E-state index contributed by atoms with van der Waals surface area (Å²) in [6, 6.07) is 11.1. The Balaban J connectivity index is 2.09. The predicted octanol–water partition coefficient (Wildman–Crippen LogP) is 2.24. The van der Waals surface area contributed by atoms with Crippen LogP contribution in [0.25, 0.3) is 0 Å². The lowest BCUT2D eigenvalue weighted by Crippen LogP contribution is -2.41. The zero-order valence-electron chi connectivity index (χ0n) is 13.1. The van der Waals surface area contributed by atoms with Gasteiger partial charge in [-0.25, -0.2) is 12.8 Å². The van der Waals surface area contributed by atoms with E-state index in [-0.39, 0.29) is 11.7 Å². The van der Waals surface area contributed by atoms with Crippen molar-refractivity contribution in [2.24, 2.45) is 0 Å². The second-order valence-electron chi connectivity index (χ2n) is 5.18. The Hall–Kier alpha value is -2.45. The molecule has 2 N–H and O–H groups in total. The summed E-state index contributed by atoms with van der Waals surface area (Å²) in [4.78, 5) is 13.4. The standard InChI is InChI=1S/C16H17FN2O4S/c1-11(2)23-13-7-5-6-12(10-13)16(20)18-19-24(21,22)15-9-4-3-8-14(15)17/h3-11,19H,1-2H3,(H,18,20). The van der Waals surface area contributed by atoms with Gasteiger partial charge in [-0.1, -0.05) is 18.2 Å². The van der Waals surface area contributed by atoms with E-state index in [2.05, 4.69) is 0 Å². The number of nitrogens with one attached hydrogen (secondary N) is 2. The van der Waals surface area contributed by atoms with Crippen LogP contribution in [0, 0.1) is 5.82 Å². The first kappa shape index (κ1) is 17.9. The van der Waals surface area contributed by atoms with Gasteiger partial charge in [0.1, 0.15) is 16.5 Å². The van der Waals surface area contributed by atoms with Gasteiger partial charge in [0.2, 0.25) is 0 Å². The first-order chi connectivity index (χ1) is 11.3. The Kier molecular flexibility index (Phi) is 5.53. The molecule has 2 rings (SSSR count). The molecule has 0 bridgehead atoms. The minimum absolute atomic E-state index is 0.0668. The molecule has 0 unspecified atom stereocenters. The highest BCUT2D eigenvalue weighted by Gasteiger charge is 2.19. The van der Waals surface area contributed by atoms with Gasteiger partial charge in [0.05, 0.1) is 6.10 Å². The monoisotopic (exact) mass is 352 g/mol. The molecule has 0 heterocycles. The molecule has 2 aromatic rings.